The molecule has 0 heterocycles. The van der Waals surface area contributed by atoms with Crippen LogP contribution in [0.3, 0.4) is 0 Å². The first-order valence-electron chi connectivity index (χ1n) is 3.39. The van der Waals surface area contributed by atoms with E-state index in [1.165, 1.54) is 14.2 Å². The van der Waals surface area contributed by atoms with Crippen molar-refractivity contribution >= 4 is 11.9 Å². The number of nitriles is 1. The second-order valence-corrected chi connectivity index (χ2v) is 2.04. The van der Waals surface area contributed by atoms with Crippen molar-refractivity contribution in [3.63, 3.8) is 0 Å². The van der Waals surface area contributed by atoms with E-state index in [1.54, 1.807) is 6.07 Å². The van der Waals surface area contributed by atoms with Crippen molar-refractivity contribution in [1.82, 2.24) is 0 Å². The van der Waals surface area contributed by atoms with E-state index in [2.05, 4.69) is 9.47 Å². The SMILES string of the molecule is COC(=O)C/C(=C\C#N)C(=O)OC. The molecule has 0 amide bonds. The maximum atomic E-state index is 10.9. The molecule has 0 fully saturated rings. The lowest BCUT2D eigenvalue weighted by atomic mass is 10.2. The zero-order valence-corrected chi connectivity index (χ0v) is 7.36. The maximum Gasteiger partial charge on any atom is 0.335 e. The van der Waals surface area contributed by atoms with Crippen LogP contribution in [0.25, 0.3) is 0 Å². The van der Waals surface area contributed by atoms with Gasteiger partial charge in [-0.15, -0.1) is 0 Å². The van der Waals surface area contributed by atoms with Crippen molar-refractivity contribution in [2.75, 3.05) is 14.2 Å². The number of hydrogen-bond acceptors (Lipinski definition) is 5. The number of allylic oxidation sites excluding steroid dienone is 1. The average Bonchev–Trinajstić information content (AvgIpc) is 2.15. The summed E-state index contributed by atoms with van der Waals surface area (Å²) in [7, 11) is 2.37. The van der Waals surface area contributed by atoms with Crippen LogP contribution in [0.15, 0.2) is 11.6 Å². The summed E-state index contributed by atoms with van der Waals surface area (Å²) in [4.78, 5) is 21.6. The fourth-order valence-corrected chi connectivity index (χ4v) is 0.619. The molecule has 5 heteroatoms. The van der Waals surface area contributed by atoms with Crippen molar-refractivity contribution in [3.05, 3.63) is 11.6 Å². The van der Waals surface area contributed by atoms with Crippen molar-refractivity contribution in [3.8, 4) is 6.07 Å². The molecular weight excluding hydrogens is 174 g/mol. The Morgan fingerprint density at radius 1 is 1.38 bits per heavy atom. The Bertz CT molecular complexity index is 274. The standard InChI is InChI=1S/C8H9NO4/c1-12-7(10)5-6(3-4-9)8(11)13-2/h3H,5H2,1-2H3/b6-3+. The molecule has 70 valence electrons. The van der Waals surface area contributed by atoms with E-state index in [1.807, 2.05) is 0 Å². The smallest absolute Gasteiger partial charge is 0.335 e. The molecule has 0 aromatic carbocycles. The number of ether oxygens (including phenoxy) is 2. The molecule has 0 aliphatic heterocycles. The Morgan fingerprint density at radius 3 is 2.38 bits per heavy atom. The summed E-state index contributed by atoms with van der Waals surface area (Å²) >= 11 is 0. The van der Waals surface area contributed by atoms with Crippen LogP contribution in [0.2, 0.25) is 0 Å². The van der Waals surface area contributed by atoms with Crippen LogP contribution in [0.1, 0.15) is 6.42 Å². The van der Waals surface area contributed by atoms with Gasteiger partial charge < -0.3 is 9.47 Å². The molecule has 0 rings (SSSR count). The third-order valence-electron chi connectivity index (χ3n) is 1.25. The van der Waals surface area contributed by atoms with Crippen LogP contribution in [-0.2, 0) is 19.1 Å². The Morgan fingerprint density at radius 2 is 2.00 bits per heavy atom. The molecule has 5 nitrogen and oxygen atoms in total. The van der Waals surface area contributed by atoms with E-state index in [9.17, 15) is 9.59 Å². The zero-order valence-electron chi connectivity index (χ0n) is 7.36. The summed E-state index contributed by atoms with van der Waals surface area (Å²) in [5, 5.41) is 8.28. The maximum absolute atomic E-state index is 10.9. The minimum atomic E-state index is -0.702. The van der Waals surface area contributed by atoms with Crippen LogP contribution in [0.4, 0.5) is 0 Å². The van der Waals surface area contributed by atoms with Crippen LogP contribution in [0.5, 0.6) is 0 Å². The normalized spacial score (nSPS) is 10.1. The van der Waals surface area contributed by atoms with Gasteiger partial charge in [-0.25, -0.2) is 4.79 Å². The number of hydrogen-bond donors (Lipinski definition) is 0. The van der Waals surface area contributed by atoms with E-state index in [0.717, 1.165) is 6.08 Å². The van der Waals surface area contributed by atoms with E-state index >= 15 is 0 Å². The molecule has 0 atom stereocenters. The molecule has 0 saturated heterocycles. The number of esters is 2. The molecule has 0 unspecified atom stereocenters. The van der Waals surface area contributed by atoms with Gasteiger partial charge in [0.25, 0.3) is 0 Å². The third-order valence-corrected chi connectivity index (χ3v) is 1.25. The van der Waals surface area contributed by atoms with Crippen LogP contribution >= 0.6 is 0 Å². The molecular formula is C8H9NO4. The predicted octanol–water partition coefficient (Wildman–Crippen LogP) is 0.172. The number of nitrogens with zero attached hydrogens (tertiary/aromatic N) is 1. The third kappa shape index (κ3) is 3.91. The second-order valence-electron chi connectivity index (χ2n) is 2.04. The summed E-state index contributed by atoms with van der Waals surface area (Å²) < 4.78 is 8.67. The summed E-state index contributed by atoms with van der Waals surface area (Å²) in [5.74, 6) is -1.29. The molecule has 0 aromatic rings. The number of carbonyl (C=O) groups is 2. The first kappa shape index (κ1) is 11.2. The Labute approximate surface area is 75.5 Å². The highest BCUT2D eigenvalue weighted by Gasteiger charge is 2.14. The largest absolute Gasteiger partial charge is 0.469 e. The molecule has 0 N–H and O–H groups in total. The van der Waals surface area contributed by atoms with Crippen LogP contribution in [-0.4, -0.2) is 26.2 Å². The topological polar surface area (TPSA) is 76.4 Å². The van der Waals surface area contributed by atoms with E-state index in [4.69, 9.17) is 5.26 Å². The molecule has 13 heavy (non-hydrogen) atoms. The highest BCUT2D eigenvalue weighted by Crippen LogP contribution is 2.04. The summed E-state index contributed by atoms with van der Waals surface area (Å²) in [6.07, 6.45) is 0.708. The summed E-state index contributed by atoms with van der Waals surface area (Å²) in [6.45, 7) is 0. The van der Waals surface area contributed by atoms with Gasteiger partial charge in [0.15, 0.2) is 0 Å². The highest BCUT2D eigenvalue weighted by molar-refractivity contribution is 5.94. The van der Waals surface area contributed by atoms with Gasteiger partial charge >= 0.3 is 11.9 Å². The molecule has 0 aromatic heterocycles. The van der Waals surface area contributed by atoms with Crippen molar-refractivity contribution in [2.24, 2.45) is 0 Å². The Hall–Kier alpha value is -1.83. The van der Waals surface area contributed by atoms with Crippen molar-refractivity contribution in [2.45, 2.75) is 6.42 Å². The van der Waals surface area contributed by atoms with E-state index in [0.29, 0.717) is 0 Å². The Balaban J connectivity index is 4.47. The van der Waals surface area contributed by atoms with Crippen molar-refractivity contribution < 1.29 is 19.1 Å². The fraction of sp³-hybridized carbons (Fsp3) is 0.375. The monoisotopic (exact) mass is 183 g/mol. The van der Waals surface area contributed by atoms with E-state index < -0.39 is 11.9 Å². The summed E-state index contributed by atoms with van der Waals surface area (Å²) in [6, 6.07) is 1.64. The lowest BCUT2D eigenvalue weighted by molar-refractivity contribution is -0.143. The second kappa shape index (κ2) is 5.77. The van der Waals surface area contributed by atoms with E-state index in [-0.39, 0.29) is 12.0 Å². The zero-order chi connectivity index (χ0) is 10.3. The molecule has 0 aliphatic carbocycles. The van der Waals surface area contributed by atoms with Crippen LogP contribution < -0.4 is 0 Å². The van der Waals surface area contributed by atoms with Gasteiger partial charge in [-0.2, -0.15) is 5.26 Å². The predicted molar refractivity (Wildman–Crippen MR) is 42.3 cm³/mol. The summed E-state index contributed by atoms with van der Waals surface area (Å²) in [5.41, 5.74) is -0.0168. The van der Waals surface area contributed by atoms with Gasteiger partial charge in [0.2, 0.25) is 0 Å². The van der Waals surface area contributed by atoms with Gasteiger partial charge in [-0.05, 0) is 0 Å². The molecule has 0 aliphatic rings. The quantitative estimate of drug-likeness (QED) is 0.354. The van der Waals surface area contributed by atoms with Gasteiger partial charge in [0, 0.05) is 6.08 Å². The lowest BCUT2D eigenvalue weighted by Gasteiger charge is -2.01. The minimum absolute atomic E-state index is 0.0168. The average molecular weight is 183 g/mol. The van der Waals surface area contributed by atoms with Crippen LogP contribution in [0, 0.1) is 11.3 Å². The van der Waals surface area contributed by atoms with Gasteiger partial charge in [-0.1, -0.05) is 0 Å². The highest BCUT2D eigenvalue weighted by atomic mass is 16.5. The lowest BCUT2D eigenvalue weighted by Crippen LogP contribution is -2.10. The fourth-order valence-electron chi connectivity index (χ4n) is 0.619. The van der Waals surface area contributed by atoms with Crippen molar-refractivity contribution in [1.29, 1.82) is 5.26 Å². The molecule has 0 spiro atoms. The molecule has 0 bridgehead atoms. The molecule has 0 radical (unpaired) electrons. The molecule has 0 saturated carbocycles. The van der Waals surface area contributed by atoms with Gasteiger partial charge in [0.1, 0.15) is 0 Å². The van der Waals surface area contributed by atoms with Gasteiger partial charge in [-0.3, -0.25) is 4.79 Å². The first-order valence-corrected chi connectivity index (χ1v) is 3.39. The number of rotatable bonds is 3. The number of methoxy groups -OCH3 is 2. The first-order chi connectivity index (χ1) is 6.15. The minimum Gasteiger partial charge on any atom is -0.469 e. The van der Waals surface area contributed by atoms with Gasteiger partial charge in [0.05, 0.1) is 32.3 Å². The number of carbonyl (C=O) groups excluding carboxylic acids is 2. The Kier molecular flexibility index (Phi) is 4.96.